The predicted molar refractivity (Wildman–Crippen MR) is 152 cm³/mol. The van der Waals surface area contributed by atoms with Gasteiger partial charge in [0.25, 0.3) is 0 Å². The Morgan fingerprint density at radius 2 is 1.74 bits per heavy atom. The van der Waals surface area contributed by atoms with Gasteiger partial charge in [-0.2, -0.15) is 0 Å². The second-order valence-electron chi connectivity index (χ2n) is 9.86. The van der Waals surface area contributed by atoms with E-state index in [4.69, 9.17) is 9.47 Å². The number of carbonyl (C=O) groups is 1. The van der Waals surface area contributed by atoms with Crippen LogP contribution in [0.2, 0.25) is 0 Å². The lowest BCUT2D eigenvalue weighted by molar-refractivity contribution is -0.147. The summed E-state index contributed by atoms with van der Waals surface area (Å²) in [5.41, 5.74) is 4.81. The highest BCUT2D eigenvalue weighted by Crippen LogP contribution is 2.32. The molecule has 0 aromatic heterocycles. The van der Waals surface area contributed by atoms with E-state index >= 15 is 0 Å². The van der Waals surface area contributed by atoms with E-state index in [9.17, 15) is 9.18 Å². The number of aryl methyl sites for hydroxylation is 1. The molecule has 0 radical (unpaired) electrons. The van der Waals surface area contributed by atoms with E-state index in [1.54, 1.807) is 6.07 Å². The van der Waals surface area contributed by atoms with Crippen molar-refractivity contribution in [1.82, 2.24) is 5.32 Å². The first kappa shape index (κ1) is 27.3. The van der Waals surface area contributed by atoms with Gasteiger partial charge in [-0.05, 0) is 109 Å². The SMILES string of the molecule is CCOc1cccc(C(C)NCc2cc(-c3cc(F)cc(CCC(=O)OC(C)C)c3)c3ccccc3c2)c1. The van der Waals surface area contributed by atoms with E-state index in [0.29, 0.717) is 19.6 Å². The number of nitrogens with one attached hydrogen (secondary N) is 1. The molecular weight excluding hydrogens is 477 g/mol. The van der Waals surface area contributed by atoms with E-state index in [2.05, 4.69) is 48.6 Å². The first-order valence-corrected chi connectivity index (χ1v) is 13.3. The van der Waals surface area contributed by atoms with Gasteiger partial charge in [0.05, 0.1) is 12.7 Å². The number of benzene rings is 4. The van der Waals surface area contributed by atoms with Crippen molar-refractivity contribution >= 4 is 16.7 Å². The van der Waals surface area contributed by atoms with Gasteiger partial charge in [-0.1, -0.05) is 42.5 Å². The van der Waals surface area contributed by atoms with Gasteiger partial charge in [-0.3, -0.25) is 4.79 Å². The molecule has 0 spiro atoms. The molecule has 0 heterocycles. The van der Waals surface area contributed by atoms with Crippen LogP contribution in [-0.2, 0) is 22.5 Å². The molecule has 5 heteroatoms. The van der Waals surface area contributed by atoms with E-state index in [1.807, 2.05) is 51.1 Å². The fourth-order valence-electron chi connectivity index (χ4n) is 4.66. The zero-order valence-electron chi connectivity index (χ0n) is 22.6. The number of carbonyl (C=O) groups excluding carboxylic acids is 1. The van der Waals surface area contributed by atoms with Crippen LogP contribution < -0.4 is 10.1 Å². The molecule has 4 aromatic carbocycles. The minimum Gasteiger partial charge on any atom is -0.494 e. The highest BCUT2D eigenvalue weighted by atomic mass is 19.1. The van der Waals surface area contributed by atoms with Crippen molar-refractivity contribution in [3.63, 3.8) is 0 Å². The fourth-order valence-corrected chi connectivity index (χ4v) is 4.66. The molecule has 198 valence electrons. The number of ether oxygens (including phenoxy) is 2. The van der Waals surface area contributed by atoms with Gasteiger partial charge in [0.15, 0.2) is 0 Å². The molecule has 4 aromatic rings. The van der Waals surface area contributed by atoms with Crippen molar-refractivity contribution in [1.29, 1.82) is 0 Å². The molecule has 0 saturated heterocycles. The van der Waals surface area contributed by atoms with Gasteiger partial charge in [0, 0.05) is 19.0 Å². The highest BCUT2D eigenvalue weighted by Gasteiger charge is 2.13. The summed E-state index contributed by atoms with van der Waals surface area (Å²) in [5.74, 6) is 0.279. The van der Waals surface area contributed by atoms with Gasteiger partial charge >= 0.3 is 5.97 Å². The highest BCUT2D eigenvalue weighted by molar-refractivity contribution is 5.97. The number of hydrogen-bond donors (Lipinski definition) is 1. The number of fused-ring (bicyclic) bond motifs is 1. The lowest BCUT2D eigenvalue weighted by Crippen LogP contribution is -2.18. The molecule has 0 saturated carbocycles. The molecule has 0 aliphatic carbocycles. The van der Waals surface area contributed by atoms with Gasteiger partial charge in [0.1, 0.15) is 11.6 Å². The Bertz CT molecular complexity index is 1400. The largest absolute Gasteiger partial charge is 0.494 e. The maximum Gasteiger partial charge on any atom is 0.306 e. The zero-order valence-corrected chi connectivity index (χ0v) is 22.6. The normalized spacial score (nSPS) is 12.1. The van der Waals surface area contributed by atoms with E-state index < -0.39 is 0 Å². The number of halogens is 1. The number of rotatable bonds is 11. The van der Waals surface area contributed by atoms with Crippen LogP contribution in [0.25, 0.3) is 21.9 Å². The Morgan fingerprint density at radius 1 is 0.921 bits per heavy atom. The summed E-state index contributed by atoms with van der Waals surface area (Å²) in [6.07, 6.45) is 0.478. The van der Waals surface area contributed by atoms with Gasteiger partial charge in [-0.25, -0.2) is 4.39 Å². The van der Waals surface area contributed by atoms with Crippen molar-refractivity contribution in [2.75, 3.05) is 6.61 Å². The van der Waals surface area contributed by atoms with Crippen molar-refractivity contribution in [3.8, 4) is 16.9 Å². The summed E-state index contributed by atoms with van der Waals surface area (Å²) in [4.78, 5) is 12.0. The van der Waals surface area contributed by atoms with Crippen LogP contribution in [0.15, 0.2) is 78.9 Å². The Kier molecular flexibility index (Phi) is 9.14. The first-order valence-electron chi connectivity index (χ1n) is 13.3. The van der Waals surface area contributed by atoms with Gasteiger partial charge < -0.3 is 14.8 Å². The second-order valence-corrected chi connectivity index (χ2v) is 9.86. The molecule has 0 aliphatic rings. The molecule has 0 bridgehead atoms. The summed E-state index contributed by atoms with van der Waals surface area (Å²) < 4.78 is 25.6. The molecular formula is C33H36FNO3. The van der Waals surface area contributed by atoms with Crippen LogP contribution in [0.5, 0.6) is 5.75 Å². The summed E-state index contributed by atoms with van der Waals surface area (Å²) in [5, 5.41) is 5.77. The Labute approximate surface area is 224 Å². The topological polar surface area (TPSA) is 47.6 Å². The van der Waals surface area contributed by atoms with Crippen LogP contribution in [-0.4, -0.2) is 18.7 Å². The summed E-state index contributed by atoms with van der Waals surface area (Å²) >= 11 is 0. The summed E-state index contributed by atoms with van der Waals surface area (Å²) in [6.45, 7) is 9.05. The van der Waals surface area contributed by atoms with Crippen molar-refractivity contribution in [2.24, 2.45) is 0 Å². The molecule has 1 unspecified atom stereocenters. The Morgan fingerprint density at radius 3 is 2.53 bits per heavy atom. The summed E-state index contributed by atoms with van der Waals surface area (Å²) in [6, 6.07) is 25.8. The smallest absolute Gasteiger partial charge is 0.306 e. The minimum absolute atomic E-state index is 0.122. The lowest BCUT2D eigenvalue weighted by atomic mass is 9.93. The molecule has 4 nitrogen and oxygen atoms in total. The third kappa shape index (κ3) is 7.20. The fraction of sp³-hybridized carbons (Fsp3) is 0.303. The Hall–Kier alpha value is -3.70. The predicted octanol–water partition coefficient (Wildman–Crippen LogP) is 7.78. The molecule has 0 fully saturated rings. The average Bonchev–Trinajstić information content (AvgIpc) is 2.90. The van der Waals surface area contributed by atoms with Gasteiger partial charge in [-0.15, -0.1) is 0 Å². The zero-order chi connectivity index (χ0) is 27.1. The van der Waals surface area contributed by atoms with Crippen LogP contribution in [0, 0.1) is 5.82 Å². The van der Waals surface area contributed by atoms with E-state index in [-0.39, 0.29) is 30.4 Å². The number of esters is 1. The monoisotopic (exact) mass is 513 g/mol. The lowest BCUT2D eigenvalue weighted by Gasteiger charge is -2.17. The minimum atomic E-state index is -0.315. The molecule has 4 rings (SSSR count). The average molecular weight is 514 g/mol. The summed E-state index contributed by atoms with van der Waals surface area (Å²) in [7, 11) is 0. The van der Waals surface area contributed by atoms with Crippen molar-refractivity contribution in [3.05, 3.63) is 101 Å². The van der Waals surface area contributed by atoms with Gasteiger partial charge in [0.2, 0.25) is 0 Å². The second kappa shape index (κ2) is 12.7. The third-order valence-corrected chi connectivity index (χ3v) is 6.46. The van der Waals surface area contributed by atoms with Crippen molar-refractivity contribution < 1.29 is 18.7 Å². The van der Waals surface area contributed by atoms with E-state index in [1.165, 1.54) is 6.07 Å². The van der Waals surface area contributed by atoms with Crippen LogP contribution >= 0.6 is 0 Å². The standard InChI is InChI=1S/C33H36FNO3/c1-5-37-30-11-8-10-26(20-30)23(4)35-21-25-16-27-9-6-7-12-31(27)32(18-25)28-15-24(17-29(34)19-28)13-14-33(36)38-22(2)3/h6-12,15-20,22-23,35H,5,13-14,21H2,1-4H3. The quantitative estimate of drug-likeness (QED) is 0.208. The molecule has 1 N–H and O–H groups in total. The van der Waals surface area contributed by atoms with Crippen LogP contribution in [0.3, 0.4) is 0 Å². The molecule has 38 heavy (non-hydrogen) atoms. The third-order valence-electron chi connectivity index (χ3n) is 6.46. The maximum absolute atomic E-state index is 14.7. The Balaban J connectivity index is 1.59. The van der Waals surface area contributed by atoms with Crippen LogP contribution in [0.1, 0.15) is 56.8 Å². The maximum atomic E-state index is 14.7. The van der Waals surface area contributed by atoms with Crippen molar-refractivity contribution in [2.45, 2.75) is 59.2 Å². The molecule has 0 amide bonds. The molecule has 0 aliphatic heterocycles. The van der Waals surface area contributed by atoms with E-state index in [0.717, 1.165) is 44.3 Å². The molecule has 1 atom stereocenters. The first-order chi connectivity index (χ1) is 18.3. The van der Waals surface area contributed by atoms with Crippen LogP contribution in [0.4, 0.5) is 4.39 Å². The number of hydrogen-bond acceptors (Lipinski definition) is 4.